The number of carbonyl (C=O) groups excluding carboxylic acids is 1. The van der Waals surface area contributed by atoms with Gasteiger partial charge in [-0.25, -0.2) is 4.98 Å². The Kier molecular flexibility index (Phi) is 6.55. The van der Waals surface area contributed by atoms with Gasteiger partial charge in [-0.2, -0.15) is 0 Å². The predicted molar refractivity (Wildman–Crippen MR) is 122 cm³/mol. The summed E-state index contributed by atoms with van der Waals surface area (Å²) < 4.78 is 18.4. The lowest BCUT2D eigenvalue weighted by Gasteiger charge is -2.12. The molecule has 1 amide bonds. The topological polar surface area (TPSA) is 74.6 Å². The zero-order valence-corrected chi connectivity index (χ0v) is 18.1. The van der Waals surface area contributed by atoms with E-state index in [4.69, 9.17) is 14.2 Å². The predicted octanol–water partition coefficient (Wildman–Crippen LogP) is 3.95. The largest absolute Gasteiger partial charge is 0.493 e. The molecule has 0 aliphatic carbocycles. The molecule has 1 aromatic heterocycles. The Balaban J connectivity index is 1.47. The van der Waals surface area contributed by atoms with Gasteiger partial charge in [-0.1, -0.05) is 36.4 Å². The third kappa shape index (κ3) is 4.83. The van der Waals surface area contributed by atoms with E-state index in [1.54, 1.807) is 14.2 Å². The van der Waals surface area contributed by atoms with Gasteiger partial charge in [0.1, 0.15) is 24.7 Å². The van der Waals surface area contributed by atoms with Crippen LogP contribution in [0, 0.1) is 0 Å². The zero-order chi connectivity index (χ0) is 22.3. The van der Waals surface area contributed by atoms with Crippen LogP contribution in [0.1, 0.15) is 11.4 Å². The number of carbonyl (C=O) groups is 1. The van der Waals surface area contributed by atoms with Crippen molar-refractivity contribution >= 4 is 16.9 Å². The standard InChI is InChI=1S/C25H25N3O4/c1-30-22-13-12-18(14-23(22)31-2)15-26-25(29)16-28-21-11-7-6-10-20(21)27-24(28)17-32-19-8-4-3-5-9-19/h3-14H,15-17H2,1-2H3,(H,26,29). The third-order valence-corrected chi connectivity index (χ3v) is 5.08. The molecular weight excluding hydrogens is 406 g/mol. The SMILES string of the molecule is COc1ccc(CNC(=O)Cn2c(COc3ccccc3)nc3ccccc32)cc1OC. The molecule has 0 fully saturated rings. The third-order valence-electron chi connectivity index (χ3n) is 5.08. The van der Waals surface area contributed by atoms with E-state index in [9.17, 15) is 4.79 Å². The molecule has 0 saturated carbocycles. The minimum atomic E-state index is -0.121. The van der Waals surface area contributed by atoms with Crippen LogP contribution in [0.5, 0.6) is 17.2 Å². The van der Waals surface area contributed by atoms with Crippen molar-refractivity contribution in [2.45, 2.75) is 19.7 Å². The number of hydrogen-bond donors (Lipinski definition) is 1. The Labute approximate surface area is 186 Å². The monoisotopic (exact) mass is 431 g/mol. The summed E-state index contributed by atoms with van der Waals surface area (Å²) in [4.78, 5) is 17.4. The second kappa shape index (κ2) is 9.87. The van der Waals surface area contributed by atoms with Crippen molar-refractivity contribution in [3.05, 3.63) is 84.2 Å². The fourth-order valence-corrected chi connectivity index (χ4v) is 3.47. The molecule has 0 aliphatic heterocycles. The summed E-state index contributed by atoms with van der Waals surface area (Å²) in [7, 11) is 3.18. The highest BCUT2D eigenvalue weighted by Gasteiger charge is 2.14. The van der Waals surface area contributed by atoms with Crippen LogP contribution >= 0.6 is 0 Å². The Morgan fingerprint density at radius 2 is 1.69 bits per heavy atom. The Morgan fingerprint density at radius 3 is 2.47 bits per heavy atom. The van der Waals surface area contributed by atoms with Gasteiger partial charge in [-0.3, -0.25) is 4.79 Å². The molecule has 1 heterocycles. The van der Waals surface area contributed by atoms with Crippen LogP contribution in [0.2, 0.25) is 0 Å². The van der Waals surface area contributed by atoms with E-state index >= 15 is 0 Å². The lowest BCUT2D eigenvalue weighted by atomic mass is 10.2. The number of nitrogens with zero attached hydrogens (tertiary/aromatic N) is 2. The van der Waals surface area contributed by atoms with E-state index < -0.39 is 0 Å². The van der Waals surface area contributed by atoms with Crippen LogP contribution in [-0.2, 0) is 24.5 Å². The van der Waals surface area contributed by atoms with Gasteiger partial charge < -0.3 is 24.1 Å². The van der Waals surface area contributed by atoms with Crippen LogP contribution in [0.25, 0.3) is 11.0 Å². The highest BCUT2D eigenvalue weighted by molar-refractivity contribution is 5.81. The van der Waals surface area contributed by atoms with Gasteiger partial charge in [0.25, 0.3) is 0 Å². The number of nitrogens with one attached hydrogen (secondary N) is 1. The smallest absolute Gasteiger partial charge is 0.240 e. The summed E-state index contributed by atoms with van der Waals surface area (Å²) in [6.45, 7) is 0.782. The fourth-order valence-electron chi connectivity index (χ4n) is 3.47. The summed E-state index contributed by atoms with van der Waals surface area (Å²) in [5.41, 5.74) is 2.63. The molecule has 0 atom stereocenters. The Morgan fingerprint density at radius 1 is 0.938 bits per heavy atom. The van der Waals surface area contributed by atoms with Crippen LogP contribution in [-0.4, -0.2) is 29.7 Å². The molecule has 32 heavy (non-hydrogen) atoms. The number of benzene rings is 3. The molecule has 0 radical (unpaired) electrons. The average molecular weight is 431 g/mol. The van der Waals surface area contributed by atoms with E-state index in [0.717, 1.165) is 22.3 Å². The fraction of sp³-hybridized carbons (Fsp3) is 0.200. The van der Waals surface area contributed by atoms with Crippen molar-refractivity contribution in [3.63, 3.8) is 0 Å². The first-order valence-corrected chi connectivity index (χ1v) is 10.3. The summed E-state index contributed by atoms with van der Waals surface area (Å²) in [5.74, 6) is 2.60. The minimum absolute atomic E-state index is 0.121. The summed E-state index contributed by atoms with van der Waals surface area (Å²) >= 11 is 0. The van der Waals surface area contributed by atoms with Crippen LogP contribution in [0.4, 0.5) is 0 Å². The normalized spacial score (nSPS) is 10.7. The molecule has 164 valence electrons. The molecule has 0 saturated heterocycles. The van der Waals surface area contributed by atoms with Crippen molar-refractivity contribution in [1.29, 1.82) is 0 Å². The lowest BCUT2D eigenvalue weighted by molar-refractivity contribution is -0.121. The molecule has 0 spiro atoms. The minimum Gasteiger partial charge on any atom is -0.493 e. The van der Waals surface area contributed by atoms with Gasteiger partial charge in [0.05, 0.1) is 25.3 Å². The first-order chi connectivity index (χ1) is 15.7. The van der Waals surface area contributed by atoms with Gasteiger partial charge in [-0.05, 0) is 42.0 Å². The number of fused-ring (bicyclic) bond motifs is 1. The molecule has 4 aromatic rings. The molecule has 0 aliphatic rings. The molecule has 1 N–H and O–H groups in total. The lowest BCUT2D eigenvalue weighted by Crippen LogP contribution is -2.28. The maximum Gasteiger partial charge on any atom is 0.240 e. The molecule has 0 unspecified atom stereocenters. The van der Waals surface area contributed by atoms with E-state index in [1.165, 1.54) is 0 Å². The number of para-hydroxylation sites is 3. The number of ether oxygens (including phenoxy) is 3. The van der Waals surface area contributed by atoms with Gasteiger partial charge in [0.15, 0.2) is 11.5 Å². The van der Waals surface area contributed by atoms with Crippen LogP contribution < -0.4 is 19.5 Å². The highest BCUT2D eigenvalue weighted by atomic mass is 16.5. The molecule has 0 bridgehead atoms. The summed E-state index contributed by atoms with van der Waals surface area (Å²) in [6.07, 6.45) is 0. The van der Waals surface area contributed by atoms with Crippen LogP contribution in [0.3, 0.4) is 0 Å². The van der Waals surface area contributed by atoms with Gasteiger partial charge in [-0.15, -0.1) is 0 Å². The number of methoxy groups -OCH3 is 2. The number of rotatable bonds is 9. The first kappa shape index (κ1) is 21.2. The summed E-state index contributed by atoms with van der Waals surface area (Å²) in [6, 6.07) is 22.9. The van der Waals surface area contributed by atoms with Crippen molar-refractivity contribution in [2.75, 3.05) is 14.2 Å². The second-order valence-electron chi connectivity index (χ2n) is 7.17. The first-order valence-electron chi connectivity index (χ1n) is 10.3. The number of imidazole rings is 1. The van der Waals surface area contributed by atoms with Crippen LogP contribution in [0.15, 0.2) is 72.8 Å². The van der Waals surface area contributed by atoms with Crippen molar-refractivity contribution in [1.82, 2.24) is 14.9 Å². The van der Waals surface area contributed by atoms with Gasteiger partial charge >= 0.3 is 0 Å². The number of aromatic nitrogens is 2. The van der Waals surface area contributed by atoms with Crippen molar-refractivity contribution in [3.8, 4) is 17.2 Å². The second-order valence-corrected chi connectivity index (χ2v) is 7.17. The molecular formula is C25H25N3O4. The number of amides is 1. The molecule has 7 nitrogen and oxygen atoms in total. The quantitative estimate of drug-likeness (QED) is 0.434. The molecule has 3 aromatic carbocycles. The van der Waals surface area contributed by atoms with E-state index in [0.29, 0.717) is 23.9 Å². The maximum absolute atomic E-state index is 12.8. The van der Waals surface area contributed by atoms with Gasteiger partial charge in [0, 0.05) is 6.54 Å². The highest BCUT2D eigenvalue weighted by Crippen LogP contribution is 2.27. The Bertz CT molecular complexity index is 1200. The van der Waals surface area contributed by atoms with E-state index in [2.05, 4.69) is 10.3 Å². The summed E-state index contributed by atoms with van der Waals surface area (Å²) in [5, 5.41) is 2.97. The average Bonchev–Trinajstić information content (AvgIpc) is 3.19. The maximum atomic E-state index is 12.8. The number of hydrogen-bond acceptors (Lipinski definition) is 5. The molecule has 7 heteroatoms. The zero-order valence-electron chi connectivity index (χ0n) is 18.1. The van der Waals surface area contributed by atoms with E-state index in [1.807, 2.05) is 77.4 Å². The van der Waals surface area contributed by atoms with Crippen molar-refractivity contribution < 1.29 is 19.0 Å². The van der Waals surface area contributed by atoms with E-state index in [-0.39, 0.29) is 19.1 Å². The molecule has 4 rings (SSSR count). The van der Waals surface area contributed by atoms with Gasteiger partial charge in [0.2, 0.25) is 5.91 Å². The van der Waals surface area contributed by atoms with Crippen molar-refractivity contribution in [2.24, 2.45) is 0 Å². The Hall–Kier alpha value is -4.00.